The topological polar surface area (TPSA) is 59.2 Å². The third kappa shape index (κ3) is 2.91. The predicted molar refractivity (Wildman–Crippen MR) is 81.2 cm³/mol. The lowest BCUT2D eigenvalue weighted by Gasteiger charge is -2.03. The Morgan fingerprint density at radius 3 is 2.95 bits per heavy atom. The second-order valence-corrected chi connectivity index (χ2v) is 4.51. The van der Waals surface area contributed by atoms with Crippen molar-refractivity contribution in [3.63, 3.8) is 0 Å². The fourth-order valence-corrected chi connectivity index (χ4v) is 1.93. The molecule has 0 spiro atoms. The van der Waals surface area contributed by atoms with Crippen molar-refractivity contribution in [3.8, 4) is 11.8 Å². The lowest BCUT2D eigenvalue weighted by molar-refractivity contribution is 0.0524. The summed E-state index contributed by atoms with van der Waals surface area (Å²) in [5.41, 5.74) is 1.04. The number of hydrogen-bond donors (Lipinski definition) is 1. The van der Waals surface area contributed by atoms with E-state index in [9.17, 15) is 9.59 Å². The summed E-state index contributed by atoms with van der Waals surface area (Å²) >= 11 is 3.22. The van der Waals surface area contributed by atoms with Crippen LogP contribution in [0.3, 0.4) is 0 Å². The molecule has 0 amide bonds. The Morgan fingerprint density at radius 1 is 1.45 bits per heavy atom. The number of fused-ring (bicyclic) bond motifs is 1. The van der Waals surface area contributed by atoms with E-state index >= 15 is 0 Å². The number of halogens is 1. The van der Waals surface area contributed by atoms with Crippen LogP contribution in [0.25, 0.3) is 10.9 Å². The van der Waals surface area contributed by atoms with Crippen molar-refractivity contribution >= 4 is 32.8 Å². The third-order valence-corrected chi connectivity index (χ3v) is 2.96. The van der Waals surface area contributed by atoms with Crippen molar-refractivity contribution in [1.29, 1.82) is 0 Å². The Labute approximate surface area is 124 Å². The van der Waals surface area contributed by atoms with Crippen LogP contribution >= 0.6 is 15.9 Å². The van der Waals surface area contributed by atoms with Gasteiger partial charge in [0.05, 0.1) is 11.9 Å². The Kier molecular flexibility index (Phi) is 4.59. The molecular weight excluding hydrogens is 322 g/mol. The number of carbonyl (C=O) groups is 1. The molecule has 1 aromatic heterocycles. The first-order chi connectivity index (χ1) is 9.67. The number of ether oxygens (including phenoxy) is 1. The monoisotopic (exact) mass is 333 g/mol. The Balaban J connectivity index is 2.58. The van der Waals surface area contributed by atoms with Crippen LogP contribution in [0.15, 0.2) is 29.2 Å². The van der Waals surface area contributed by atoms with E-state index in [2.05, 4.69) is 32.8 Å². The van der Waals surface area contributed by atoms with E-state index in [-0.39, 0.29) is 17.6 Å². The minimum absolute atomic E-state index is 0.00458. The number of aromatic amines is 1. The maximum Gasteiger partial charge on any atom is 0.343 e. The van der Waals surface area contributed by atoms with Gasteiger partial charge >= 0.3 is 5.97 Å². The molecule has 0 saturated heterocycles. The SMILES string of the molecule is CCOC(=O)c1c[nH]c2ccc(C#CCBr)cc2c1=O. The first kappa shape index (κ1) is 14.4. The van der Waals surface area contributed by atoms with E-state index in [0.29, 0.717) is 16.2 Å². The van der Waals surface area contributed by atoms with Crippen LogP contribution < -0.4 is 5.43 Å². The summed E-state index contributed by atoms with van der Waals surface area (Å²) in [7, 11) is 0. The molecule has 1 aromatic carbocycles. The summed E-state index contributed by atoms with van der Waals surface area (Å²) in [5, 5.41) is 0.987. The maximum atomic E-state index is 12.3. The molecule has 1 N–H and O–H groups in total. The summed E-state index contributed by atoms with van der Waals surface area (Å²) in [6.45, 7) is 1.92. The van der Waals surface area contributed by atoms with E-state index in [1.54, 1.807) is 19.1 Å². The van der Waals surface area contributed by atoms with Crippen LogP contribution in [0.4, 0.5) is 0 Å². The van der Waals surface area contributed by atoms with Crippen molar-refractivity contribution in [1.82, 2.24) is 4.98 Å². The van der Waals surface area contributed by atoms with Crippen molar-refractivity contribution < 1.29 is 9.53 Å². The first-order valence-corrected chi connectivity index (χ1v) is 7.17. The van der Waals surface area contributed by atoms with Gasteiger partial charge in [0, 0.05) is 22.7 Å². The quantitative estimate of drug-likeness (QED) is 0.521. The number of hydrogen-bond acceptors (Lipinski definition) is 3. The van der Waals surface area contributed by atoms with Gasteiger partial charge in [-0.3, -0.25) is 4.79 Å². The Morgan fingerprint density at radius 2 is 2.25 bits per heavy atom. The lowest BCUT2D eigenvalue weighted by atomic mass is 10.1. The summed E-state index contributed by atoms with van der Waals surface area (Å²) in [5.74, 6) is 5.17. The number of carbonyl (C=O) groups excluding carboxylic acids is 1. The van der Waals surface area contributed by atoms with Gasteiger partial charge in [-0.1, -0.05) is 27.8 Å². The number of esters is 1. The fraction of sp³-hybridized carbons (Fsp3) is 0.200. The molecular formula is C15H12BrNO3. The molecule has 0 atom stereocenters. The Hall–Kier alpha value is -2.06. The zero-order chi connectivity index (χ0) is 14.5. The second kappa shape index (κ2) is 6.40. The van der Waals surface area contributed by atoms with Gasteiger partial charge in [0.15, 0.2) is 0 Å². The average Bonchev–Trinajstić information content (AvgIpc) is 2.46. The molecule has 0 bridgehead atoms. The summed E-state index contributed by atoms with van der Waals surface area (Å²) < 4.78 is 4.86. The smallest absolute Gasteiger partial charge is 0.343 e. The standard InChI is InChI=1S/C15H12BrNO3/c1-2-20-15(19)12-9-17-13-6-5-10(4-3-7-16)8-11(13)14(12)18/h5-6,8-9H,2,7H2,1H3,(H,17,18). The minimum Gasteiger partial charge on any atom is -0.462 e. The molecule has 5 heteroatoms. The summed E-state index contributed by atoms with van der Waals surface area (Å²) in [6.07, 6.45) is 1.38. The van der Waals surface area contributed by atoms with Gasteiger partial charge in [0.25, 0.3) is 0 Å². The second-order valence-electron chi connectivity index (χ2n) is 3.95. The molecule has 4 nitrogen and oxygen atoms in total. The number of nitrogens with one attached hydrogen (secondary N) is 1. The fourth-order valence-electron chi connectivity index (χ4n) is 1.79. The number of pyridine rings is 1. The molecule has 0 fully saturated rings. The van der Waals surface area contributed by atoms with Gasteiger partial charge in [-0.2, -0.15) is 0 Å². The summed E-state index contributed by atoms with van der Waals surface area (Å²) in [4.78, 5) is 26.9. The normalized spacial score (nSPS) is 9.90. The van der Waals surface area contributed by atoms with Crippen molar-refractivity contribution in [3.05, 3.63) is 45.7 Å². The van der Waals surface area contributed by atoms with Gasteiger partial charge in [-0.05, 0) is 25.1 Å². The van der Waals surface area contributed by atoms with Gasteiger partial charge < -0.3 is 9.72 Å². The molecule has 1 heterocycles. The van der Waals surface area contributed by atoms with Crippen molar-refractivity contribution in [2.75, 3.05) is 11.9 Å². The zero-order valence-corrected chi connectivity index (χ0v) is 12.4. The number of H-pyrrole nitrogens is 1. The van der Waals surface area contributed by atoms with Crippen LogP contribution in [-0.2, 0) is 4.74 Å². The van der Waals surface area contributed by atoms with Gasteiger partial charge in [0.1, 0.15) is 5.56 Å². The lowest BCUT2D eigenvalue weighted by Crippen LogP contribution is -2.18. The molecule has 0 aliphatic heterocycles. The zero-order valence-electron chi connectivity index (χ0n) is 10.8. The van der Waals surface area contributed by atoms with Crippen LogP contribution in [0.2, 0.25) is 0 Å². The van der Waals surface area contributed by atoms with E-state index < -0.39 is 5.97 Å². The Bertz CT molecular complexity index is 768. The van der Waals surface area contributed by atoms with E-state index in [1.165, 1.54) is 6.20 Å². The van der Waals surface area contributed by atoms with Gasteiger partial charge in [-0.15, -0.1) is 0 Å². The number of rotatable bonds is 2. The van der Waals surface area contributed by atoms with Gasteiger partial charge in [-0.25, -0.2) is 4.79 Å². The minimum atomic E-state index is -0.618. The molecule has 0 aliphatic carbocycles. The number of alkyl halides is 1. The molecule has 0 saturated carbocycles. The average molecular weight is 334 g/mol. The maximum absolute atomic E-state index is 12.3. The molecule has 0 radical (unpaired) electrons. The predicted octanol–water partition coefficient (Wildman–Crippen LogP) is 2.45. The number of aromatic nitrogens is 1. The van der Waals surface area contributed by atoms with Gasteiger partial charge in [0.2, 0.25) is 5.43 Å². The van der Waals surface area contributed by atoms with Crippen LogP contribution in [0.1, 0.15) is 22.8 Å². The molecule has 2 rings (SSSR count). The van der Waals surface area contributed by atoms with Crippen LogP contribution in [0.5, 0.6) is 0 Å². The largest absolute Gasteiger partial charge is 0.462 e. The first-order valence-electron chi connectivity index (χ1n) is 6.04. The van der Waals surface area contributed by atoms with Crippen LogP contribution in [0, 0.1) is 11.8 Å². The molecule has 0 aliphatic rings. The molecule has 102 valence electrons. The third-order valence-electron chi connectivity index (χ3n) is 2.68. The highest BCUT2D eigenvalue weighted by molar-refractivity contribution is 9.09. The molecule has 0 unspecified atom stereocenters. The van der Waals surface area contributed by atoms with E-state index in [0.717, 1.165) is 5.56 Å². The molecule has 2 aromatic rings. The highest BCUT2D eigenvalue weighted by Crippen LogP contribution is 2.11. The number of benzene rings is 1. The highest BCUT2D eigenvalue weighted by Gasteiger charge is 2.13. The van der Waals surface area contributed by atoms with Crippen LogP contribution in [-0.4, -0.2) is 22.9 Å². The van der Waals surface area contributed by atoms with E-state index in [4.69, 9.17) is 4.74 Å². The molecule has 20 heavy (non-hydrogen) atoms. The van der Waals surface area contributed by atoms with E-state index in [1.807, 2.05) is 6.07 Å². The van der Waals surface area contributed by atoms with Crippen molar-refractivity contribution in [2.45, 2.75) is 6.92 Å². The van der Waals surface area contributed by atoms with Crippen molar-refractivity contribution in [2.24, 2.45) is 0 Å². The summed E-state index contributed by atoms with van der Waals surface area (Å²) in [6, 6.07) is 5.26. The highest BCUT2D eigenvalue weighted by atomic mass is 79.9.